The number of halogens is 1. The van der Waals surface area contributed by atoms with E-state index in [1.165, 1.54) is 0 Å². The quantitative estimate of drug-likeness (QED) is 0.900. The van der Waals surface area contributed by atoms with Gasteiger partial charge in [0.2, 0.25) is 0 Å². The third kappa shape index (κ3) is 5.37. The average molecular weight is 337 g/mol. The minimum absolute atomic E-state index is 0. The average Bonchev–Trinajstić information content (AvgIpc) is 2.76. The van der Waals surface area contributed by atoms with Gasteiger partial charge in [-0.05, 0) is 29.5 Å². The molecule has 1 heterocycles. The lowest BCUT2D eigenvalue weighted by atomic mass is 9.91. The lowest BCUT2D eigenvalue weighted by Gasteiger charge is -2.15. The molecule has 0 atom stereocenters. The number of carbonyl (C=O) groups excluding carboxylic acids is 1. The number of aromatic nitrogens is 2. The van der Waals surface area contributed by atoms with Crippen LogP contribution in [-0.4, -0.2) is 15.7 Å². The van der Waals surface area contributed by atoms with E-state index in [9.17, 15) is 4.79 Å². The molecular weight excluding hydrogens is 312 g/mol. The van der Waals surface area contributed by atoms with E-state index >= 15 is 0 Å². The molecule has 0 bridgehead atoms. The molecule has 0 aliphatic heterocycles. The third-order valence-electron chi connectivity index (χ3n) is 3.34. The van der Waals surface area contributed by atoms with Crippen molar-refractivity contribution in [1.82, 2.24) is 9.78 Å². The van der Waals surface area contributed by atoms with Crippen LogP contribution in [0.2, 0.25) is 0 Å². The molecule has 0 unspecified atom stereocenters. The molecule has 126 valence electrons. The Morgan fingerprint density at radius 2 is 1.87 bits per heavy atom. The summed E-state index contributed by atoms with van der Waals surface area (Å²) in [6, 6.07) is 9.22. The molecule has 0 fully saturated rings. The first-order valence-corrected chi connectivity index (χ1v) is 7.42. The van der Waals surface area contributed by atoms with Gasteiger partial charge in [-0.3, -0.25) is 9.48 Å². The molecule has 1 amide bonds. The van der Waals surface area contributed by atoms with E-state index < -0.39 is 0 Å². The van der Waals surface area contributed by atoms with Gasteiger partial charge < -0.3 is 11.1 Å². The summed E-state index contributed by atoms with van der Waals surface area (Å²) in [4.78, 5) is 12.3. The standard InChI is InChI=1S/C17H24N4O.ClH/c1-17(2,3)10-14-9-15(21(4)20-14)19-16(22)13-7-5-12(11-18)6-8-13;/h5-9H,10-11,18H2,1-4H3,(H,19,22);1H. The summed E-state index contributed by atoms with van der Waals surface area (Å²) in [5.41, 5.74) is 8.31. The normalized spacial score (nSPS) is 11.0. The molecule has 5 nitrogen and oxygen atoms in total. The van der Waals surface area contributed by atoms with Crippen molar-refractivity contribution in [2.45, 2.75) is 33.7 Å². The Morgan fingerprint density at radius 1 is 1.26 bits per heavy atom. The number of carbonyl (C=O) groups is 1. The van der Waals surface area contributed by atoms with Gasteiger partial charge in [-0.15, -0.1) is 12.4 Å². The number of hydrogen-bond donors (Lipinski definition) is 2. The molecule has 1 aromatic heterocycles. The summed E-state index contributed by atoms with van der Waals surface area (Å²) < 4.78 is 1.70. The van der Waals surface area contributed by atoms with Gasteiger partial charge in [0, 0.05) is 25.2 Å². The van der Waals surface area contributed by atoms with Crippen LogP contribution in [0, 0.1) is 5.41 Å². The highest BCUT2D eigenvalue weighted by Gasteiger charge is 2.16. The van der Waals surface area contributed by atoms with Crippen LogP contribution in [0.5, 0.6) is 0 Å². The summed E-state index contributed by atoms with van der Waals surface area (Å²) in [6.45, 7) is 6.97. The van der Waals surface area contributed by atoms with E-state index in [4.69, 9.17) is 5.73 Å². The highest BCUT2D eigenvalue weighted by molar-refractivity contribution is 6.03. The molecular formula is C17H25ClN4O. The van der Waals surface area contributed by atoms with Crippen molar-refractivity contribution in [3.8, 4) is 0 Å². The minimum Gasteiger partial charge on any atom is -0.326 e. The van der Waals surface area contributed by atoms with Crippen molar-refractivity contribution in [3.05, 3.63) is 47.2 Å². The van der Waals surface area contributed by atoms with Gasteiger partial charge in [0.15, 0.2) is 0 Å². The maximum Gasteiger partial charge on any atom is 0.256 e. The van der Waals surface area contributed by atoms with Crippen LogP contribution in [-0.2, 0) is 20.0 Å². The first-order valence-electron chi connectivity index (χ1n) is 7.42. The lowest BCUT2D eigenvalue weighted by molar-refractivity contribution is 0.102. The number of hydrogen-bond acceptors (Lipinski definition) is 3. The monoisotopic (exact) mass is 336 g/mol. The maximum absolute atomic E-state index is 12.3. The largest absolute Gasteiger partial charge is 0.326 e. The van der Waals surface area contributed by atoms with Crippen molar-refractivity contribution in [2.24, 2.45) is 18.2 Å². The number of anilines is 1. The highest BCUT2D eigenvalue weighted by atomic mass is 35.5. The summed E-state index contributed by atoms with van der Waals surface area (Å²) in [6.07, 6.45) is 0.863. The van der Waals surface area contributed by atoms with Crippen LogP contribution in [0.4, 0.5) is 5.82 Å². The predicted molar refractivity (Wildman–Crippen MR) is 95.9 cm³/mol. The Morgan fingerprint density at radius 3 is 2.39 bits per heavy atom. The minimum atomic E-state index is -0.145. The number of benzene rings is 1. The summed E-state index contributed by atoms with van der Waals surface area (Å²) >= 11 is 0. The molecule has 6 heteroatoms. The first-order chi connectivity index (χ1) is 10.3. The second kappa shape index (κ2) is 7.62. The van der Waals surface area contributed by atoms with Gasteiger partial charge in [0.05, 0.1) is 5.69 Å². The first kappa shape index (κ1) is 19.2. The number of nitrogens with zero attached hydrogens (tertiary/aromatic N) is 2. The van der Waals surface area contributed by atoms with Crippen molar-refractivity contribution in [1.29, 1.82) is 0 Å². The number of amides is 1. The van der Waals surface area contributed by atoms with Crippen molar-refractivity contribution < 1.29 is 4.79 Å². The van der Waals surface area contributed by atoms with Gasteiger partial charge in [-0.2, -0.15) is 5.10 Å². The van der Waals surface area contributed by atoms with E-state index in [-0.39, 0.29) is 23.7 Å². The highest BCUT2D eigenvalue weighted by Crippen LogP contribution is 2.21. The fraction of sp³-hybridized carbons (Fsp3) is 0.412. The van der Waals surface area contributed by atoms with Gasteiger partial charge in [0.25, 0.3) is 5.91 Å². The SMILES string of the molecule is Cl.Cn1nc(CC(C)(C)C)cc1NC(=O)c1ccc(CN)cc1. The summed E-state index contributed by atoms with van der Waals surface area (Å²) in [7, 11) is 1.83. The molecule has 0 radical (unpaired) electrons. The zero-order valence-electron chi connectivity index (χ0n) is 14.1. The molecule has 0 saturated carbocycles. The van der Waals surface area contributed by atoms with E-state index in [2.05, 4.69) is 31.2 Å². The maximum atomic E-state index is 12.3. The molecule has 3 N–H and O–H groups in total. The van der Waals surface area contributed by atoms with Gasteiger partial charge in [-0.25, -0.2) is 0 Å². The molecule has 0 spiro atoms. The summed E-state index contributed by atoms with van der Waals surface area (Å²) in [5, 5.41) is 7.36. The number of nitrogens with two attached hydrogens (primary N) is 1. The third-order valence-corrected chi connectivity index (χ3v) is 3.34. The van der Waals surface area contributed by atoms with Gasteiger partial charge in [-0.1, -0.05) is 32.9 Å². The summed E-state index contributed by atoms with van der Waals surface area (Å²) in [5.74, 6) is 0.557. The van der Waals surface area contributed by atoms with Crippen LogP contribution in [0.15, 0.2) is 30.3 Å². The Bertz CT molecular complexity index is 656. The van der Waals surface area contributed by atoms with Crippen molar-refractivity contribution in [2.75, 3.05) is 5.32 Å². The van der Waals surface area contributed by atoms with Crippen LogP contribution in [0.25, 0.3) is 0 Å². The van der Waals surface area contributed by atoms with Crippen LogP contribution < -0.4 is 11.1 Å². The Labute approximate surface area is 143 Å². The second-order valence-electron chi connectivity index (χ2n) is 6.74. The molecule has 0 aliphatic carbocycles. The van der Waals surface area contributed by atoms with Crippen LogP contribution >= 0.6 is 12.4 Å². The Hall–Kier alpha value is -1.85. The molecule has 2 aromatic rings. The molecule has 2 rings (SSSR count). The fourth-order valence-electron chi connectivity index (χ4n) is 2.25. The zero-order chi connectivity index (χ0) is 16.3. The molecule has 23 heavy (non-hydrogen) atoms. The smallest absolute Gasteiger partial charge is 0.256 e. The van der Waals surface area contributed by atoms with Crippen molar-refractivity contribution >= 4 is 24.1 Å². The molecule has 0 aliphatic rings. The number of nitrogens with one attached hydrogen (secondary N) is 1. The van der Waals surface area contributed by atoms with Crippen LogP contribution in [0.3, 0.4) is 0 Å². The van der Waals surface area contributed by atoms with Gasteiger partial charge >= 0.3 is 0 Å². The second-order valence-corrected chi connectivity index (χ2v) is 6.74. The number of rotatable bonds is 4. The van der Waals surface area contributed by atoms with E-state index in [1.54, 1.807) is 16.8 Å². The van der Waals surface area contributed by atoms with Crippen LogP contribution in [0.1, 0.15) is 42.4 Å². The van der Waals surface area contributed by atoms with E-state index in [1.807, 2.05) is 25.2 Å². The van der Waals surface area contributed by atoms with Gasteiger partial charge in [0.1, 0.15) is 5.82 Å². The Kier molecular flexibility index (Phi) is 6.36. The number of aryl methyl sites for hydroxylation is 1. The lowest BCUT2D eigenvalue weighted by Crippen LogP contribution is -2.14. The van der Waals surface area contributed by atoms with E-state index in [0.717, 1.165) is 17.7 Å². The predicted octanol–water partition coefficient (Wildman–Crippen LogP) is 3.14. The zero-order valence-corrected chi connectivity index (χ0v) is 14.9. The van der Waals surface area contributed by atoms with E-state index in [0.29, 0.717) is 17.9 Å². The molecule has 0 saturated heterocycles. The Balaban J connectivity index is 0.00000264. The fourth-order valence-corrected chi connectivity index (χ4v) is 2.25. The topological polar surface area (TPSA) is 72.9 Å². The van der Waals surface area contributed by atoms with Crippen molar-refractivity contribution in [3.63, 3.8) is 0 Å². The molecule has 1 aromatic carbocycles.